The molecule has 2 aromatic carbocycles. The Morgan fingerprint density at radius 3 is 2.47 bits per heavy atom. The first-order valence-electron chi connectivity index (χ1n) is 9.96. The number of amides is 1. The van der Waals surface area contributed by atoms with Crippen LogP contribution in [0.15, 0.2) is 51.9 Å². The highest BCUT2D eigenvalue weighted by atomic mass is 32.2. The minimum atomic E-state index is -3.89. The monoisotopic (exact) mass is 458 g/mol. The second-order valence-electron chi connectivity index (χ2n) is 7.59. The third-order valence-corrected chi connectivity index (χ3v) is 6.65. The van der Waals surface area contributed by atoms with Crippen molar-refractivity contribution < 1.29 is 22.5 Å². The van der Waals surface area contributed by atoms with E-state index >= 15 is 0 Å². The lowest BCUT2D eigenvalue weighted by Crippen LogP contribution is -2.26. The fraction of sp³-hybridized carbons (Fsp3) is 0.318. The van der Waals surface area contributed by atoms with Crippen molar-refractivity contribution in [1.82, 2.24) is 14.4 Å². The SMILES string of the molecule is COc1ccc(S(=O)(=O)N(C)Cc2nc(-c3ccc(C(C)C)cc3)no2)cc1NC(C)=O. The Hall–Kier alpha value is -3.24. The molecule has 0 saturated carbocycles. The van der Waals surface area contributed by atoms with Crippen LogP contribution in [-0.4, -0.2) is 42.9 Å². The van der Waals surface area contributed by atoms with Crippen LogP contribution < -0.4 is 10.1 Å². The van der Waals surface area contributed by atoms with Gasteiger partial charge in [-0.1, -0.05) is 43.3 Å². The first kappa shape index (κ1) is 23.4. The molecule has 0 aliphatic carbocycles. The lowest BCUT2D eigenvalue weighted by molar-refractivity contribution is -0.114. The Bertz CT molecular complexity index is 1200. The van der Waals surface area contributed by atoms with Crippen molar-refractivity contribution in [2.75, 3.05) is 19.5 Å². The number of methoxy groups -OCH3 is 1. The van der Waals surface area contributed by atoms with Gasteiger partial charge >= 0.3 is 0 Å². The third-order valence-electron chi connectivity index (χ3n) is 4.85. The minimum absolute atomic E-state index is 0.00596. The molecular formula is C22H26N4O5S. The first-order valence-corrected chi connectivity index (χ1v) is 11.4. The Balaban J connectivity index is 1.79. The Labute approximate surface area is 187 Å². The zero-order chi connectivity index (χ0) is 23.5. The second kappa shape index (κ2) is 9.49. The highest BCUT2D eigenvalue weighted by molar-refractivity contribution is 7.89. The molecule has 1 N–H and O–H groups in total. The molecular weight excluding hydrogens is 432 g/mol. The van der Waals surface area contributed by atoms with E-state index in [2.05, 4.69) is 29.3 Å². The maximum absolute atomic E-state index is 13.0. The lowest BCUT2D eigenvalue weighted by atomic mass is 10.0. The van der Waals surface area contributed by atoms with Crippen molar-refractivity contribution in [3.05, 3.63) is 53.9 Å². The number of anilines is 1. The van der Waals surface area contributed by atoms with Gasteiger partial charge in [0.1, 0.15) is 5.75 Å². The average Bonchev–Trinajstić information content (AvgIpc) is 3.21. The molecule has 0 radical (unpaired) electrons. The number of hydrogen-bond acceptors (Lipinski definition) is 7. The van der Waals surface area contributed by atoms with E-state index in [4.69, 9.17) is 9.26 Å². The summed E-state index contributed by atoms with van der Waals surface area (Å²) in [6.07, 6.45) is 0. The molecule has 10 heteroatoms. The fourth-order valence-electron chi connectivity index (χ4n) is 3.04. The maximum atomic E-state index is 13.0. The second-order valence-corrected chi connectivity index (χ2v) is 9.64. The Kier molecular flexibility index (Phi) is 6.95. The van der Waals surface area contributed by atoms with E-state index in [1.807, 2.05) is 24.3 Å². The minimum Gasteiger partial charge on any atom is -0.495 e. The first-order chi connectivity index (χ1) is 15.1. The van der Waals surface area contributed by atoms with Gasteiger partial charge in [0.05, 0.1) is 24.2 Å². The summed E-state index contributed by atoms with van der Waals surface area (Å²) in [5, 5.41) is 6.54. The molecule has 3 rings (SSSR count). The van der Waals surface area contributed by atoms with Gasteiger partial charge in [0.2, 0.25) is 27.6 Å². The van der Waals surface area contributed by atoms with E-state index < -0.39 is 10.0 Å². The molecule has 3 aromatic rings. The van der Waals surface area contributed by atoms with Gasteiger partial charge in [-0.3, -0.25) is 4.79 Å². The van der Waals surface area contributed by atoms with Crippen LogP contribution >= 0.6 is 0 Å². The Morgan fingerprint density at radius 1 is 1.19 bits per heavy atom. The Morgan fingerprint density at radius 2 is 1.88 bits per heavy atom. The fourth-order valence-corrected chi connectivity index (χ4v) is 4.19. The average molecular weight is 459 g/mol. The van der Waals surface area contributed by atoms with Crippen LogP contribution in [0.2, 0.25) is 0 Å². The van der Waals surface area contributed by atoms with Gasteiger partial charge < -0.3 is 14.6 Å². The summed E-state index contributed by atoms with van der Waals surface area (Å²) in [5.74, 6) is 0.971. The lowest BCUT2D eigenvalue weighted by Gasteiger charge is -2.17. The van der Waals surface area contributed by atoms with Crippen molar-refractivity contribution in [3.8, 4) is 17.1 Å². The molecule has 0 saturated heterocycles. The molecule has 0 atom stereocenters. The van der Waals surface area contributed by atoms with Crippen LogP contribution in [0.5, 0.6) is 5.75 Å². The van der Waals surface area contributed by atoms with Crippen molar-refractivity contribution in [2.24, 2.45) is 0 Å². The molecule has 9 nitrogen and oxygen atoms in total. The third kappa shape index (κ3) is 5.14. The van der Waals surface area contributed by atoms with E-state index in [9.17, 15) is 13.2 Å². The summed E-state index contributed by atoms with van der Waals surface area (Å²) in [6.45, 7) is 5.44. The van der Waals surface area contributed by atoms with E-state index in [1.165, 1.54) is 44.8 Å². The standard InChI is InChI=1S/C22H26N4O5S/c1-14(2)16-6-8-17(9-7-16)22-24-21(31-25-22)13-26(4)32(28,29)18-10-11-20(30-5)19(12-18)23-15(3)27/h6-12,14H,13H2,1-5H3,(H,23,27). The van der Waals surface area contributed by atoms with Crippen LogP contribution in [0, 0.1) is 0 Å². The summed E-state index contributed by atoms with van der Waals surface area (Å²) in [4.78, 5) is 15.8. The summed E-state index contributed by atoms with van der Waals surface area (Å²) >= 11 is 0. The number of nitrogens with one attached hydrogen (secondary N) is 1. The summed E-state index contributed by atoms with van der Waals surface area (Å²) in [5.41, 5.74) is 2.24. The summed E-state index contributed by atoms with van der Waals surface area (Å²) in [6, 6.07) is 12.1. The topological polar surface area (TPSA) is 115 Å². The van der Waals surface area contributed by atoms with Gasteiger partial charge in [0.15, 0.2) is 0 Å². The summed E-state index contributed by atoms with van der Waals surface area (Å²) < 4.78 is 37.6. The van der Waals surface area contributed by atoms with Crippen LogP contribution in [0.1, 0.15) is 38.1 Å². The normalized spacial score (nSPS) is 11.7. The number of sulfonamides is 1. The van der Waals surface area contributed by atoms with Crippen molar-refractivity contribution >= 4 is 21.6 Å². The van der Waals surface area contributed by atoms with Crippen molar-refractivity contribution in [3.63, 3.8) is 0 Å². The van der Waals surface area contributed by atoms with Gasteiger partial charge in [-0.25, -0.2) is 8.42 Å². The van der Waals surface area contributed by atoms with Crippen LogP contribution in [-0.2, 0) is 21.4 Å². The van der Waals surface area contributed by atoms with Gasteiger partial charge in [0, 0.05) is 19.5 Å². The molecule has 0 aliphatic rings. The van der Waals surface area contributed by atoms with Crippen LogP contribution in [0.3, 0.4) is 0 Å². The van der Waals surface area contributed by atoms with Crippen LogP contribution in [0.4, 0.5) is 5.69 Å². The number of aromatic nitrogens is 2. The molecule has 1 aromatic heterocycles. The molecule has 0 fully saturated rings. The number of nitrogens with zero attached hydrogens (tertiary/aromatic N) is 3. The summed E-state index contributed by atoms with van der Waals surface area (Å²) in [7, 11) is -1.04. The van der Waals surface area contributed by atoms with Gasteiger partial charge in [0.25, 0.3) is 0 Å². The highest BCUT2D eigenvalue weighted by Gasteiger charge is 2.25. The molecule has 32 heavy (non-hydrogen) atoms. The highest BCUT2D eigenvalue weighted by Crippen LogP contribution is 2.29. The van der Waals surface area contributed by atoms with E-state index in [0.29, 0.717) is 17.5 Å². The molecule has 0 bridgehead atoms. The predicted molar refractivity (Wildman–Crippen MR) is 120 cm³/mol. The van der Waals surface area contributed by atoms with E-state index in [-0.39, 0.29) is 28.9 Å². The molecule has 0 unspecified atom stereocenters. The smallest absolute Gasteiger partial charge is 0.243 e. The number of carbonyl (C=O) groups excluding carboxylic acids is 1. The predicted octanol–water partition coefficient (Wildman–Crippen LogP) is 3.65. The number of rotatable bonds is 8. The molecule has 170 valence electrons. The number of carbonyl (C=O) groups is 1. The molecule has 0 aliphatic heterocycles. The number of benzene rings is 2. The zero-order valence-electron chi connectivity index (χ0n) is 18.6. The van der Waals surface area contributed by atoms with Crippen molar-refractivity contribution in [1.29, 1.82) is 0 Å². The molecule has 1 amide bonds. The van der Waals surface area contributed by atoms with Gasteiger partial charge in [-0.15, -0.1) is 0 Å². The molecule has 1 heterocycles. The largest absolute Gasteiger partial charge is 0.495 e. The number of ether oxygens (including phenoxy) is 1. The quantitative estimate of drug-likeness (QED) is 0.548. The zero-order valence-corrected chi connectivity index (χ0v) is 19.4. The van der Waals surface area contributed by atoms with E-state index in [1.54, 1.807) is 0 Å². The van der Waals surface area contributed by atoms with Gasteiger partial charge in [-0.2, -0.15) is 9.29 Å². The van der Waals surface area contributed by atoms with Crippen LogP contribution in [0.25, 0.3) is 11.4 Å². The van der Waals surface area contributed by atoms with Crippen molar-refractivity contribution in [2.45, 2.75) is 38.1 Å². The van der Waals surface area contributed by atoms with Gasteiger partial charge in [-0.05, 0) is 29.7 Å². The van der Waals surface area contributed by atoms with E-state index in [0.717, 1.165) is 9.87 Å². The maximum Gasteiger partial charge on any atom is 0.243 e. The number of hydrogen-bond donors (Lipinski definition) is 1. The molecule has 0 spiro atoms.